The predicted octanol–water partition coefficient (Wildman–Crippen LogP) is 2.95. The van der Waals surface area contributed by atoms with Gasteiger partial charge in [-0.05, 0) is 19.4 Å². The van der Waals surface area contributed by atoms with Crippen LogP contribution in [0.15, 0.2) is 24.4 Å². The summed E-state index contributed by atoms with van der Waals surface area (Å²) in [5.74, 6) is -1.01. The SMILES string of the molecule is CCCn1cc(C(C)=O)c2cccc(C(=O)O)c21. The average Bonchev–Trinajstić information content (AvgIpc) is 2.69. The molecule has 4 nitrogen and oxygen atoms in total. The van der Waals surface area contributed by atoms with Crippen LogP contribution in [0.4, 0.5) is 0 Å². The summed E-state index contributed by atoms with van der Waals surface area (Å²) in [6, 6.07) is 5.04. The Morgan fingerprint density at radius 3 is 2.56 bits per heavy atom. The van der Waals surface area contributed by atoms with Gasteiger partial charge in [-0.2, -0.15) is 0 Å². The van der Waals surface area contributed by atoms with Gasteiger partial charge in [0, 0.05) is 23.7 Å². The molecule has 1 N–H and O–H groups in total. The van der Waals surface area contributed by atoms with E-state index in [0.717, 1.165) is 11.8 Å². The molecule has 2 rings (SSSR count). The minimum atomic E-state index is -0.967. The third kappa shape index (κ3) is 1.90. The van der Waals surface area contributed by atoms with Crippen molar-refractivity contribution in [2.45, 2.75) is 26.8 Å². The van der Waals surface area contributed by atoms with E-state index in [1.807, 2.05) is 11.5 Å². The number of fused-ring (bicyclic) bond motifs is 1. The third-order valence-corrected chi connectivity index (χ3v) is 2.97. The van der Waals surface area contributed by atoms with E-state index in [9.17, 15) is 14.7 Å². The molecule has 0 bridgehead atoms. The maximum absolute atomic E-state index is 11.6. The molecule has 0 unspecified atom stereocenters. The lowest BCUT2D eigenvalue weighted by molar-refractivity contribution is 0.0698. The van der Waals surface area contributed by atoms with Crippen molar-refractivity contribution >= 4 is 22.7 Å². The number of carboxylic acid groups (broad SMARTS) is 1. The van der Waals surface area contributed by atoms with Crippen LogP contribution in [-0.2, 0) is 6.54 Å². The van der Waals surface area contributed by atoms with Crippen LogP contribution in [0, 0.1) is 0 Å². The van der Waals surface area contributed by atoms with Crippen molar-refractivity contribution in [3.05, 3.63) is 35.5 Å². The summed E-state index contributed by atoms with van der Waals surface area (Å²) in [5.41, 5.74) is 1.46. The molecule has 0 aliphatic rings. The van der Waals surface area contributed by atoms with E-state index in [4.69, 9.17) is 0 Å². The molecular weight excluding hydrogens is 230 g/mol. The highest BCUT2D eigenvalue weighted by molar-refractivity contribution is 6.11. The number of aromatic nitrogens is 1. The van der Waals surface area contributed by atoms with E-state index >= 15 is 0 Å². The number of carboxylic acids is 1. The number of ketones is 1. The van der Waals surface area contributed by atoms with Crippen LogP contribution in [0.2, 0.25) is 0 Å². The number of rotatable bonds is 4. The molecule has 1 aromatic heterocycles. The van der Waals surface area contributed by atoms with Crippen LogP contribution in [-0.4, -0.2) is 21.4 Å². The Morgan fingerprint density at radius 1 is 1.28 bits per heavy atom. The largest absolute Gasteiger partial charge is 0.478 e. The Morgan fingerprint density at radius 2 is 2.00 bits per heavy atom. The van der Waals surface area contributed by atoms with Crippen LogP contribution in [0.3, 0.4) is 0 Å². The summed E-state index contributed by atoms with van der Waals surface area (Å²) >= 11 is 0. The number of carbonyl (C=O) groups excluding carboxylic acids is 1. The van der Waals surface area contributed by atoms with Gasteiger partial charge in [0.25, 0.3) is 0 Å². The first-order valence-corrected chi connectivity index (χ1v) is 5.92. The van der Waals surface area contributed by atoms with Gasteiger partial charge in [0.1, 0.15) is 0 Å². The zero-order valence-electron chi connectivity index (χ0n) is 10.4. The van der Waals surface area contributed by atoms with Crippen molar-refractivity contribution in [2.24, 2.45) is 0 Å². The van der Waals surface area contributed by atoms with Crippen molar-refractivity contribution in [3.63, 3.8) is 0 Å². The third-order valence-electron chi connectivity index (χ3n) is 2.97. The number of Topliss-reactive ketones (excluding diaryl/α,β-unsaturated/α-hetero) is 1. The zero-order chi connectivity index (χ0) is 13.3. The Bertz CT molecular complexity index is 625. The van der Waals surface area contributed by atoms with Crippen LogP contribution in [0.25, 0.3) is 10.9 Å². The second-order valence-corrected chi connectivity index (χ2v) is 4.30. The van der Waals surface area contributed by atoms with E-state index in [2.05, 4.69) is 0 Å². The summed E-state index contributed by atoms with van der Waals surface area (Å²) in [5, 5.41) is 9.94. The van der Waals surface area contributed by atoms with Crippen LogP contribution >= 0.6 is 0 Å². The molecule has 0 atom stereocenters. The van der Waals surface area contributed by atoms with E-state index < -0.39 is 5.97 Å². The van der Waals surface area contributed by atoms with E-state index in [1.165, 1.54) is 6.92 Å². The molecule has 0 aliphatic carbocycles. The highest BCUT2D eigenvalue weighted by atomic mass is 16.4. The molecule has 94 valence electrons. The Balaban J connectivity index is 2.82. The number of para-hydroxylation sites is 1. The highest BCUT2D eigenvalue weighted by Crippen LogP contribution is 2.25. The summed E-state index contributed by atoms with van der Waals surface area (Å²) in [7, 11) is 0. The summed E-state index contributed by atoms with van der Waals surface area (Å²) in [6.45, 7) is 4.22. The zero-order valence-corrected chi connectivity index (χ0v) is 10.4. The topological polar surface area (TPSA) is 59.3 Å². The first-order valence-electron chi connectivity index (χ1n) is 5.92. The molecule has 4 heteroatoms. The van der Waals surface area contributed by atoms with Gasteiger partial charge in [0.2, 0.25) is 0 Å². The van der Waals surface area contributed by atoms with Gasteiger partial charge in [-0.15, -0.1) is 0 Å². The molecule has 18 heavy (non-hydrogen) atoms. The van der Waals surface area contributed by atoms with Crippen molar-refractivity contribution < 1.29 is 14.7 Å². The summed E-state index contributed by atoms with van der Waals surface area (Å²) < 4.78 is 1.86. The molecule has 0 spiro atoms. The fourth-order valence-electron chi connectivity index (χ4n) is 2.23. The Labute approximate surface area is 105 Å². The molecule has 0 fully saturated rings. The minimum Gasteiger partial charge on any atom is -0.478 e. The van der Waals surface area contributed by atoms with E-state index in [1.54, 1.807) is 24.4 Å². The molecule has 1 heterocycles. The second-order valence-electron chi connectivity index (χ2n) is 4.30. The number of aromatic carboxylic acids is 1. The lowest BCUT2D eigenvalue weighted by atomic mass is 10.1. The number of nitrogens with zero attached hydrogens (tertiary/aromatic N) is 1. The van der Waals surface area contributed by atoms with Crippen LogP contribution in [0.5, 0.6) is 0 Å². The number of aryl methyl sites for hydroxylation is 1. The van der Waals surface area contributed by atoms with Gasteiger partial charge in [-0.25, -0.2) is 4.79 Å². The van der Waals surface area contributed by atoms with Gasteiger partial charge >= 0.3 is 5.97 Å². The first-order chi connectivity index (χ1) is 8.56. The van der Waals surface area contributed by atoms with Crippen molar-refractivity contribution in [2.75, 3.05) is 0 Å². The Hall–Kier alpha value is -2.10. The van der Waals surface area contributed by atoms with Crippen LogP contribution in [0.1, 0.15) is 41.0 Å². The molecule has 1 aromatic carbocycles. The van der Waals surface area contributed by atoms with Gasteiger partial charge < -0.3 is 9.67 Å². The fourth-order valence-corrected chi connectivity index (χ4v) is 2.23. The highest BCUT2D eigenvalue weighted by Gasteiger charge is 2.17. The number of hydrogen-bond acceptors (Lipinski definition) is 2. The lowest BCUT2D eigenvalue weighted by Gasteiger charge is -2.05. The first kappa shape index (κ1) is 12.4. The van der Waals surface area contributed by atoms with Gasteiger partial charge in [-0.3, -0.25) is 4.79 Å². The van der Waals surface area contributed by atoms with Gasteiger partial charge in [0.15, 0.2) is 5.78 Å². The standard InChI is InChI=1S/C14H15NO3/c1-3-7-15-8-12(9(2)16)10-5-4-6-11(13(10)15)14(17)18/h4-6,8H,3,7H2,1-2H3,(H,17,18). The molecular formula is C14H15NO3. The molecule has 0 radical (unpaired) electrons. The number of hydrogen-bond donors (Lipinski definition) is 1. The maximum Gasteiger partial charge on any atom is 0.337 e. The minimum absolute atomic E-state index is 0.0441. The number of benzene rings is 1. The fraction of sp³-hybridized carbons (Fsp3) is 0.286. The van der Waals surface area contributed by atoms with Crippen molar-refractivity contribution in [1.29, 1.82) is 0 Å². The summed E-state index contributed by atoms with van der Waals surface area (Å²) in [6.07, 6.45) is 2.64. The maximum atomic E-state index is 11.6. The predicted molar refractivity (Wildman–Crippen MR) is 69.2 cm³/mol. The van der Waals surface area contributed by atoms with E-state index in [-0.39, 0.29) is 11.3 Å². The normalized spacial score (nSPS) is 10.8. The molecule has 2 aromatic rings. The molecule has 0 saturated carbocycles. The van der Waals surface area contributed by atoms with E-state index in [0.29, 0.717) is 17.6 Å². The lowest BCUT2D eigenvalue weighted by Crippen LogP contribution is -2.02. The van der Waals surface area contributed by atoms with Crippen LogP contribution < -0.4 is 0 Å². The quantitative estimate of drug-likeness (QED) is 0.842. The van der Waals surface area contributed by atoms with Gasteiger partial charge in [0.05, 0.1) is 11.1 Å². The van der Waals surface area contributed by atoms with Crippen molar-refractivity contribution in [3.8, 4) is 0 Å². The monoisotopic (exact) mass is 245 g/mol. The van der Waals surface area contributed by atoms with Crippen molar-refractivity contribution in [1.82, 2.24) is 4.57 Å². The molecule has 0 saturated heterocycles. The molecule has 0 amide bonds. The smallest absolute Gasteiger partial charge is 0.337 e. The molecule has 0 aliphatic heterocycles. The summed E-state index contributed by atoms with van der Waals surface area (Å²) in [4.78, 5) is 22.8. The Kier molecular flexibility index (Phi) is 3.19. The second kappa shape index (κ2) is 4.64. The average molecular weight is 245 g/mol. The van der Waals surface area contributed by atoms with Gasteiger partial charge in [-0.1, -0.05) is 19.1 Å². The number of carbonyl (C=O) groups is 2.